The molecule has 3 unspecified atom stereocenters. The van der Waals surface area contributed by atoms with E-state index in [0.717, 1.165) is 12.8 Å². The fraction of sp³-hybridized carbons (Fsp3) is 0.600. The molecule has 1 aromatic rings. The first-order valence-corrected chi connectivity index (χ1v) is 6.23. The van der Waals surface area contributed by atoms with E-state index in [-0.39, 0.29) is 11.5 Å². The monoisotopic (exact) mass is 218 g/mol. The van der Waals surface area contributed by atoms with Crippen LogP contribution >= 0.6 is 0 Å². The number of hydrogen-bond donors (Lipinski definition) is 1. The largest absolute Gasteiger partial charge is 0.393 e. The molecule has 0 spiro atoms. The standard InChI is InChI=1S/C15H22O/c1-5-15(4)13(9-14(15)16)12-7-10(2)6-11(3)8-12/h6-8,13-14,16H,5,9H2,1-4H3. The van der Waals surface area contributed by atoms with E-state index < -0.39 is 0 Å². The Morgan fingerprint density at radius 2 is 1.81 bits per heavy atom. The highest BCUT2D eigenvalue weighted by Gasteiger charge is 2.49. The van der Waals surface area contributed by atoms with Gasteiger partial charge in [-0.2, -0.15) is 0 Å². The van der Waals surface area contributed by atoms with E-state index in [0.29, 0.717) is 5.92 Å². The SMILES string of the molecule is CCC1(C)C(O)CC1c1cc(C)cc(C)c1. The minimum atomic E-state index is -0.122. The number of aliphatic hydroxyl groups excluding tert-OH is 1. The molecule has 16 heavy (non-hydrogen) atoms. The lowest BCUT2D eigenvalue weighted by Crippen LogP contribution is -2.49. The summed E-state index contributed by atoms with van der Waals surface area (Å²) in [6.07, 6.45) is 1.85. The van der Waals surface area contributed by atoms with Gasteiger partial charge in [-0.15, -0.1) is 0 Å². The Morgan fingerprint density at radius 1 is 1.25 bits per heavy atom. The van der Waals surface area contributed by atoms with Gasteiger partial charge in [0, 0.05) is 5.41 Å². The number of rotatable bonds is 2. The second kappa shape index (κ2) is 3.89. The molecular weight excluding hydrogens is 196 g/mol. The van der Waals surface area contributed by atoms with E-state index in [1.54, 1.807) is 0 Å². The maximum absolute atomic E-state index is 9.94. The van der Waals surface area contributed by atoms with Crippen LogP contribution in [0.2, 0.25) is 0 Å². The van der Waals surface area contributed by atoms with Crippen LogP contribution in [0.5, 0.6) is 0 Å². The van der Waals surface area contributed by atoms with Crippen molar-refractivity contribution in [1.82, 2.24) is 0 Å². The average molecular weight is 218 g/mol. The Labute approximate surface area is 98.5 Å². The Hall–Kier alpha value is -0.820. The quantitative estimate of drug-likeness (QED) is 0.804. The number of aliphatic hydroxyl groups is 1. The lowest BCUT2D eigenvalue weighted by atomic mass is 9.55. The predicted molar refractivity (Wildman–Crippen MR) is 67.7 cm³/mol. The van der Waals surface area contributed by atoms with Crippen molar-refractivity contribution in [3.8, 4) is 0 Å². The Balaban J connectivity index is 2.32. The highest BCUT2D eigenvalue weighted by atomic mass is 16.3. The zero-order valence-corrected chi connectivity index (χ0v) is 10.7. The van der Waals surface area contributed by atoms with E-state index in [4.69, 9.17) is 0 Å². The van der Waals surface area contributed by atoms with Crippen LogP contribution in [-0.4, -0.2) is 11.2 Å². The zero-order chi connectivity index (χ0) is 11.9. The molecule has 1 aliphatic carbocycles. The van der Waals surface area contributed by atoms with Crippen LogP contribution in [0.4, 0.5) is 0 Å². The maximum atomic E-state index is 9.94. The van der Waals surface area contributed by atoms with E-state index >= 15 is 0 Å². The Morgan fingerprint density at radius 3 is 2.25 bits per heavy atom. The van der Waals surface area contributed by atoms with Gasteiger partial charge >= 0.3 is 0 Å². The third-order valence-corrected chi connectivity index (χ3v) is 4.42. The fourth-order valence-electron chi connectivity index (χ4n) is 3.04. The van der Waals surface area contributed by atoms with Crippen molar-refractivity contribution in [3.05, 3.63) is 34.9 Å². The molecule has 1 heteroatoms. The van der Waals surface area contributed by atoms with Crippen LogP contribution in [-0.2, 0) is 0 Å². The molecule has 0 saturated heterocycles. The third-order valence-electron chi connectivity index (χ3n) is 4.42. The van der Waals surface area contributed by atoms with Crippen molar-refractivity contribution >= 4 is 0 Å². The predicted octanol–water partition coefficient (Wildman–Crippen LogP) is 3.57. The molecule has 1 N–H and O–H groups in total. The van der Waals surface area contributed by atoms with Gasteiger partial charge in [-0.1, -0.05) is 43.2 Å². The van der Waals surface area contributed by atoms with Crippen molar-refractivity contribution in [1.29, 1.82) is 0 Å². The third kappa shape index (κ3) is 1.67. The van der Waals surface area contributed by atoms with Crippen LogP contribution < -0.4 is 0 Å². The first-order chi connectivity index (χ1) is 7.47. The molecular formula is C15H22O. The van der Waals surface area contributed by atoms with Crippen molar-refractivity contribution < 1.29 is 5.11 Å². The van der Waals surface area contributed by atoms with Crippen LogP contribution in [0.3, 0.4) is 0 Å². The normalized spacial score (nSPS) is 33.6. The molecule has 1 aromatic carbocycles. The van der Waals surface area contributed by atoms with Crippen molar-refractivity contribution in [2.45, 2.75) is 52.6 Å². The van der Waals surface area contributed by atoms with Crippen LogP contribution in [0.1, 0.15) is 49.3 Å². The molecule has 0 aliphatic heterocycles. The Bertz CT molecular complexity index is 376. The first kappa shape index (κ1) is 11.7. The molecule has 1 fully saturated rings. The van der Waals surface area contributed by atoms with E-state index in [9.17, 15) is 5.11 Å². The molecule has 0 bridgehead atoms. The smallest absolute Gasteiger partial charge is 0.0605 e. The van der Waals surface area contributed by atoms with Crippen molar-refractivity contribution in [2.24, 2.45) is 5.41 Å². The number of benzene rings is 1. The molecule has 3 atom stereocenters. The van der Waals surface area contributed by atoms with Gasteiger partial charge in [0.25, 0.3) is 0 Å². The molecule has 88 valence electrons. The van der Waals surface area contributed by atoms with Crippen LogP contribution in [0.25, 0.3) is 0 Å². The highest BCUT2D eigenvalue weighted by molar-refractivity contribution is 5.34. The summed E-state index contributed by atoms with van der Waals surface area (Å²) in [7, 11) is 0. The van der Waals surface area contributed by atoms with E-state index in [1.807, 2.05) is 0 Å². The van der Waals surface area contributed by atoms with E-state index in [1.165, 1.54) is 16.7 Å². The van der Waals surface area contributed by atoms with Crippen molar-refractivity contribution in [3.63, 3.8) is 0 Å². The van der Waals surface area contributed by atoms with Gasteiger partial charge in [-0.3, -0.25) is 0 Å². The lowest BCUT2D eigenvalue weighted by Gasteiger charge is -2.52. The molecule has 0 radical (unpaired) electrons. The highest BCUT2D eigenvalue weighted by Crippen LogP contribution is 2.54. The second-order valence-electron chi connectivity index (χ2n) is 5.58. The van der Waals surface area contributed by atoms with Gasteiger partial charge in [0.15, 0.2) is 0 Å². The molecule has 0 aromatic heterocycles. The number of hydrogen-bond acceptors (Lipinski definition) is 1. The molecule has 2 rings (SSSR count). The summed E-state index contributed by atoms with van der Waals surface area (Å²) in [6.45, 7) is 8.69. The topological polar surface area (TPSA) is 20.2 Å². The fourth-order valence-corrected chi connectivity index (χ4v) is 3.04. The minimum Gasteiger partial charge on any atom is -0.393 e. The summed E-state index contributed by atoms with van der Waals surface area (Å²) in [5, 5.41) is 9.94. The molecule has 0 heterocycles. The Kier molecular flexibility index (Phi) is 2.83. The minimum absolute atomic E-state index is 0.0836. The maximum Gasteiger partial charge on any atom is 0.0605 e. The molecule has 1 saturated carbocycles. The summed E-state index contributed by atoms with van der Waals surface area (Å²) >= 11 is 0. The molecule has 1 aliphatic rings. The average Bonchev–Trinajstić information content (AvgIpc) is 2.23. The van der Waals surface area contributed by atoms with E-state index in [2.05, 4.69) is 45.9 Å². The van der Waals surface area contributed by atoms with Crippen molar-refractivity contribution in [2.75, 3.05) is 0 Å². The van der Waals surface area contributed by atoms with Gasteiger partial charge in [-0.05, 0) is 38.2 Å². The number of aryl methyl sites for hydroxylation is 2. The van der Waals surface area contributed by atoms with Gasteiger partial charge in [-0.25, -0.2) is 0 Å². The summed E-state index contributed by atoms with van der Waals surface area (Å²) in [5.41, 5.74) is 4.15. The molecule has 1 nitrogen and oxygen atoms in total. The van der Waals surface area contributed by atoms with Gasteiger partial charge < -0.3 is 5.11 Å². The van der Waals surface area contributed by atoms with Crippen LogP contribution in [0, 0.1) is 19.3 Å². The van der Waals surface area contributed by atoms with Gasteiger partial charge in [0.2, 0.25) is 0 Å². The summed E-state index contributed by atoms with van der Waals surface area (Å²) < 4.78 is 0. The van der Waals surface area contributed by atoms with Gasteiger partial charge in [0.05, 0.1) is 6.10 Å². The second-order valence-corrected chi connectivity index (χ2v) is 5.58. The summed E-state index contributed by atoms with van der Waals surface area (Å²) in [4.78, 5) is 0. The van der Waals surface area contributed by atoms with Gasteiger partial charge in [0.1, 0.15) is 0 Å². The summed E-state index contributed by atoms with van der Waals surface area (Å²) in [6, 6.07) is 6.76. The summed E-state index contributed by atoms with van der Waals surface area (Å²) in [5.74, 6) is 0.533. The molecule has 0 amide bonds. The first-order valence-electron chi connectivity index (χ1n) is 6.23. The van der Waals surface area contributed by atoms with Crippen LogP contribution in [0.15, 0.2) is 18.2 Å². The zero-order valence-electron chi connectivity index (χ0n) is 10.7. The lowest BCUT2D eigenvalue weighted by molar-refractivity contribution is -0.0777.